The smallest absolute Gasteiger partial charge is 0.330 e. The van der Waals surface area contributed by atoms with Crippen molar-refractivity contribution in [3.05, 3.63) is 56.9 Å². The number of rotatable bonds is 5. The molecule has 9 heteroatoms. The molecule has 0 aliphatic carbocycles. The molecule has 1 aliphatic rings. The lowest BCUT2D eigenvalue weighted by atomic mass is 10.2. The summed E-state index contributed by atoms with van der Waals surface area (Å²) >= 11 is 0. The number of para-hydroxylation sites is 2. The van der Waals surface area contributed by atoms with Crippen LogP contribution in [-0.4, -0.2) is 34.2 Å². The molecule has 2 aromatic rings. The Kier molecular flexibility index (Phi) is 5.11. The average molecular weight is 373 g/mol. The molecular formula is C18H19N3O6. The molecule has 0 bridgehead atoms. The number of nitrogens with zero attached hydrogens (tertiary/aromatic N) is 3. The van der Waals surface area contributed by atoms with Crippen LogP contribution >= 0.6 is 0 Å². The molecule has 0 radical (unpaired) electrons. The third-order valence-electron chi connectivity index (χ3n) is 4.35. The first-order valence-electron chi connectivity index (χ1n) is 8.32. The maximum Gasteiger partial charge on any atom is 0.330 e. The molecule has 3 rings (SSSR count). The van der Waals surface area contributed by atoms with Crippen LogP contribution in [0, 0.1) is 0 Å². The quantitative estimate of drug-likeness (QED) is 0.681. The number of fused-ring (bicyclic) bond motifs is 1. The number of benzene rings is 1. The van der Waals surface area contributed by atoms with E-state index in [9.17, 15) is 19.2 Å². The third kappa shape index (κ3) is 3.76. The van der Waals surface area contributed by atoms with Crippen LogP contribution < -0.4 is 20.9 Å². The molecule has 2 heterocycles. The van der Waals surface area contributed by atoms with E-state index < -0.39 is 17.2 Å². The fourth-order valence-electron chi connectivity index (χ4n) is 2.75. The second-order valence-corrected chi connectivity index (χ2v) is 6.09. The summed E-state index contributed by atoms with van der Waals surface area (Å²) in [6.07, 6.45) is -0.0289. The van der Waals surface area contributed by atoms with Crippen molar-refractivity contribution in [3.8, 4) is 5.75 Å². The number of hydrogen-bond acceptors (Lipinski definition) is 6. The first-order chi connectivity index (χ1) is 12.9. The van der Waals surface area contributed by atoms with E-state index in [2.05, 4.69) is 0 Å². The SMILES string of the molecule is Cn1c(COC(=O)CCN2C(=O)COc3ccccc32)cc(=O)n(C)c1=O. The molecule has 1 amide bonds. The van der Waals surface area contributed by atoms with Crippen molar-refractivity contribution in [1.82, 2.24) is 9.13 Å². The van der Waals surface area contributed by atoms with Gasteiger partial charge in [-0.2, -0.15) is 0 Å². The van der Waals surface area contributed by atoms with E-state index >= 15 is 0 Å². The van der Waals surface area contributed by atoms with Crippen molar-refractivity contribution in [3.63, 3.8) is 0 Å². The number of aromatic nitrogens is 2. The standard InChI is InChI=1S/C18H19N3O6/c1-19-12(9-15(22)20(2)18(19)25)10-27-17(24)7-8-21-13-5-3-4-6-14(13)26-11-16(21)23/h3-6,9H,7-8,10-11H2,1-2H3. The first kappa shape index (κ1) is 18.4. The van der Waals surface area contributed by atoms with Gasteiger partial charge in [0.15, 0.2) is 6.61 Å². The van der Waals surface area contributed by atoms with Gasteiger partial charge in [0.05, 0.1) is 17.8 Å². The molecule has 1 aliphatic heterocycles. The summed E-state index contributed by atoms with van der Waals surface area (Å²) in [6.45, 7) is -0.136. The molecular weight excluding hydrogens is 354 g/mol. The Balaban J connectivity index is 1.62. The molecule has 0 spiro atoms. The number of carbonyl (C=O) groups excluding carboxylic acids is 2. The van der Waals surface area contributed by atoms with Crippen LogP contribution in [0.2, 0.25) is 0 Å². The number of anilines is 1. The fraction of sp³-hybridized carbons (Fsp3) is 0.333. The lowest BCUT2D eigenvalue weighted by Gasteiger charge is -2.28. The van der Waals surface area contributed by atoms with Crippen LogP contribution in [0.25, 0.3) is 0 Å². The van der Waals surface area contributed by atoms with Crippen molar-refractivity contribution < 1.29 is 19.1 Å². The zero-order valence-electron chi connectivity index (χ0n) is 15.0. The highest BCUT2D eigenvalue weighted by atomic mass is 16.5. The van der Waals surface area contributed by atoms with E-state index in [1.165, 1.54) is 29.6 Å². The number of esters is 1. The van der Waals surface area contributed by atoms with Crippen LogP contribution in [0.3, 0.4) is 0 Å². The van der Waals surface area contributed by atoms with Gasteiger partial charge in [-0.15, -0.1) is 0 Å². The second kappa shape index (κ2) is 7.48. The van der Waals surface area contributed by atoms with Crippen LogP contribution in [0.5, 0.6) is 5.75 Å². The van der Waals surface area contributed by atoms with E-state index in [4.69, 9.17) is 9.47 Å². The highest BCUT2D eigenvalue weighted by molar-refractivity contribution is 5.98. The van der Waals surface area contributed by atoms with Gasteiger partial charge >= 0.3 is 11.7 Å². The van der Waals surface area contributed by atoms with Gasteiger partial charge in [-0.1, -0.05) is 12.1 Å². The van der Waals surface area contributed by atoms with Gasteiger partial charge in [-0.25, -0.2) is 4.79 Å². The van der Waals surface area contributed by atoms with Gasteiger partial charge in [0.25, 0.3) is 11.5 Å². The van der Waals surface area contributed by atoms with Gasteiger partial charge in [-0.05, 0) is 12.1 Å². The lowest BCUT2D eigenvalue weighted by Crippen LogP contribution is -2.40. The van der Waals surface area contributed by atoms with Crippen molar-refractivity contribution in [1.29, 1.82) is 0 Å². The summed E-state index contributed by atoms with van der Waals surface area (Å²) < 4.78 is 12.7. The third-order valence-corrected chi connectivity index (χ3v) is 4.35. The number of hydrogen-bond donors (Lipinski definition) is 0. The summed E-state index contributed by atoms with van der Waals surface area (Å²) in [5, 5.41) is 0. The Labute approximate surface area is 154 Å². The van der Waals surface area contributed by atoms with Crippen molar-refractivity contribution in [2.75, 3.05) is 18.1 Å². The summed E-state index contributed by atoms with van der Waals surface area (Å²) in [5.41, 5.74) is -0.0662. The number of amides is 1. The van der Waals surface area contributed by atoms with E-state index in [0.717, 1.165) is 4.57 Å². The van der Waals surface area contributed by atoms with Gasteiger partial charge in [-0.3, -0.25) is 23.5 Å². The molecule has 0 atom stereocenters. The lowest BCUT2D eigenvalue weighted by molar-refractivity contribution is -0.144. The summed E-state index contributed by atoms with van der Waals surface area (Å²) in [7, 11) is 2.87. The average Bonchev–Trinajstić information content (AvgIpc) is 2.67. The maximum absolute atomic E-state index is 12.1. The minimum atomic E-state index is -0.542. The molecule has 1 aromatic heterocycles. The summed E-state index contributed by atoms with van der Waals surface area (Å²) in [5.74, 6) is -0.198. The van der Waals surface area contributed by atoms with E-state index in [1.807, 2.05) is 0 Å². The van der Waals surface area contributed by atoms with Gasteiger partial charge in [0.1, 0.15) is 12.4 Å². The van der Waals surface area contributed by atoms with Gasteiger partial charge in [0, 0.05) is 26.7 Å². The maximum atomic E-state index is 12.1. The van der Waals surface area contributed by atoms with Crippen molar-refractivity contribution in [2.24, 2.45) is 14.1 Å². The summed E-state index contributed by atoms with van der Waals surface area (Å²) in [6, 6.07) is 8.32. The fourth-order valence-corrected chi connectivity index (χ4v) is 2.75. The Bertz CT molecular complexity index is 1010. The zero-order chi connectivity index (χ0) is 19.6. The molecule has 1 aromatic carbocycles. The van der Waals surface area contributed by atoms with Crippen LogP contribution in [0.1, 0.15) is 12.1 Å². The van der Waals surface area contributed by atoms with E-state index in [1.54, 1.807) is 24.3 Å². The highest BCUT2D eigenvalue weighted by Gasteiger charge is 2.25. The number of carbonyl (C=O) groups is 2. The minimum Gasteiger partial charge on any atom is -0.482 e. The van der Waals surface area contributed by atoms with Crippen molar-refractivity contribution >= 4 is 17.6 Å². The molecule has 9 nitrogen and oxygen atoms in total. The van der Waals surface area contributed by atoms with Gasteiger partial charge in [0.2, 0.25) is 0 Å². The van der Waals surface area contributed by atoms with Crippen LogP contribution in [-0.2, 0) is 35.0 Å². The van der Waals surface area contributed by atoms with Crippen LogP contribution in [0.15, 0.2) is 39.9 Å². The summed E-state index contributed by atoms with van der Waals surface area (Å²) in [4.78, 5) is 49.2. The minimum absolute atomic E-state index is 0.0289. The largest absolute Gasteiger partial charge is 0.482 e. The molecule has 0 N–H and O–H groups in total. The molecule has 0 saturated carbocycles. The Morgan fingerprint density at radius 3 is 2.67 bits per heavy atom. The molecule has 27 heavy (non-hydrogen) atoms. The van der Waals surface area contributed by atoms with Crippen LogP contribution in [0.4, 0.5) is 5.69 Å². The molecule has 0 unspecified atom stereocenters. The second-order valence-electron chi connectivity index (χ2n) is 6.09. The topological polar surface area (TPSA) is 99.8 Å². The van der Waals surface area contributed by atoms with E-state index in [0.29, 0.717) is 17.1 Å². The Hall–Kier alpha value is -3.36. The monoisotopic (exact) mass is 373 g/mol. The number of ether oxygens (including phenoxy) is 2. The van der Waals surface area contributed by atoms with Crippen molar-refractivity contribution in [2.45, 2.75) is 13.0 Å². The molecule has 0 saturated heterocycles. The van der Waals surface area contributed by atoms with E-state index in [-0.39, 0.29) is 32.1 Å². The predicted octanol–water partition coefficient (Wildman–Crippen LogP) is -0.0571. The Morgan fingerprint density at radius 2 is 1.89 bits per heavy atom. The highest BCUT2D eigenvalue weighted by Crippen LogP contribution is 2.31. The molecule has 0 fully saturated rings. The molecule has 142 valence electrons. The zero-order valence-corrected chi connectivity index (χ0v) is 15.0. The van der Waals surface area contributed by atoms with Gasteiger partial charge < -0.3 is 14.4 Å². The Morgan fingerprint density at radius 1 is 1.15 bits per heavy atom. The normalized spacial score (nSPS) is 13.1. The predicted molar refractivity (Wildman–Crippen MR) is 95.6 cm³/mol. The first-order valence-corrected chi connectivity index (χ1v) is 8.32.